The molecule has 9 heteroatoms. The van der Waals surface area contributed by atoms with Crippen molar-refractivity contribution in [3.63, 3.8) is 0 Å². The van der Waals surface area contributed by atoms with E-state index in [9.17, 15) is 13.9 Å². The first-order valence-electron chi connectivity index (χ1n) is 10.3. The number of piperidine rings is 1. The third-order valence-electron chi connectivity index (χ3n) is 6.56. The van der Waals surface area contributed by atoms with Gasteiger partial charge < -0.3 is 15.4 Å². The summed E-state index contributed by atoms with van der Waals surface area (Å²) in [4.78, 5) is 6.87. The van der Waals surface area contributed by atoms with Crippen LogP contribution < -0.4 is 5.73 Å². The van der Waals surface area contributed by atoms with Crippen molar-refractivity contribution in [3.05, 3.63) is 41.0 Å². The quantitative estimate of drug-likeness (QED) is 0.578. The van der Waals surface area contributed by atoms with E-state index in [1.165, 1.54) is 5.01 Å². The minimum atomic E-state index is -1.61. The van der Waals surface area contributed by atoms with E-state index in [1.807, 2.05) is 6.92 Å². The lowest BCUT2D eigenvalue weighted by molar-refractivity contribution is -0.0665. The van der Waals surface area contributed by atoms with Crippen LogP contribution in [0.3, 0.4) is 0 Å². The number of fused-ring (bicyclic) bond motifs is 2. The molecule has 3 atom stereocenters. The van der Waals surface area contributed by atoms with Crippen LogP contribution in [0.2, 0.25) is 0 Å². The average molecular weight is 421 g/mol. The number of rotatable bonds is 3. The molecule has 0 spiro atoms. The summed E-state index contributed by atoms with van der Waals surface area (Å²) in [6.07, 6.45) is 4.07. The van der Waals surface area contributed by atoms with Crippen LogP contribution in [0.5, 0.6) is 0 Å². The van der Waals surface area contributed by atoms with E-state index in [2.05, 4.69) is 41.5 Å². The van der Waals surface area contributed by atoms with E-state index >= 15 is 0 Å². The maximum Gasteiger partial charge on any atom is 0.128 e. The first-order valence-corrected chi connectivity index (χ1v) is 10.3. The summed E-state index contributed by atoms with van der Waals surface area (Å²) < 4.78 is 31.3. The van der Waals surface area contributed by atoms with E-state index in [4.69, 9.17) is 10.7 Å². The number of aliphatic hydroxyl groups is 1. The molecule has 1 unspecified atom stereocenters. The minimum absolute atomic E-state index is 0.0421. The Bertz CT molecular complexity index is 930. The first-order chi connectivity index (χ1) is 14.0. The van der Waals surface area contributed by atoms with Crippen molar-refractivity contribution in [2.24, 2.45) is 16.8 Å². The van der Waals surface area contributed by atoms with Crippen molar-refractivity contribution < 1.29 is 13.9 Å². The predicted molar refractivity (Wildman–Crippen MR) is 111 cm³/mol. The number of halogens is 2. The molecule has 164 valence electrons. The van der Waals surface area contributed by atoms with E-state index in [1.54, 1.807) is 0 Å². The minimum Gasteiger partial charge on any atom is -0.388 e. The van der Waals surface area contributed by atoms with Gasteiger partial charge in [0, 0.05) is 48.9 Å². The van der Waals surface area contributed by atoms with Crippen molar-refractivity contribution in [2.45, 2.75) is 57.8 Å². The van der Waals surface area contributed by atoms with Crippen molar-refractivity contribution in [1.82, 2.24) is 19.5 Å². The molecular formula is C21H30F2N6O. The van der Waals surface area contributed by atoms with E-state index in [0.29, 0.717) is 13.1 Å². The number of hydrazone groups is 1. The van der Waals surface area contributed by atoms with Crippen LogP contribution in [-0.4, -0.2) is 62.2 Å². The van der Waals surface area contributed by atoms with E-state index < -0.39 is 29.2 Å². The lowest BCUT2D eigenvalue weighted by Gasteiger charge is -2.49. The Morgan fingerprint density at radius 3 is 2.77 bits per heavy atom. The van der Waals surface area contributed by atoms with E-state index in [0.717, 1.165) is 30.5 Å². The molecule has 7 nitrogen and oxygen atoms in total. The Morgan fingerprint density at radius 1 is 1.37 bits per heavy atom. The summed E-state index contributed by atoms with van der Waals surface area (Å²) in [6.45, 7) is 10.3. The van der Waals surface area contributed by atoms with Gasteiger partial charge in [-0.25, -0.2) is 13.8 Å². The van der Waals surface area contributed by atoms with Crippen molar-refractivity contribution in [3.8, 4) is 0 Å². The Kier molecular flexibility index (Phi) is 5.01. The highest BCUT2D eigenvalue weighted by Crippen LogP contribution is 2.46. The number of aromatic nitrogens is 2. The van der Waals surface area contributed by atoms with E-state index in [-0.39, 0.29) is 24.1 Å². The number of β-amino-alcohol motifs (C(OH)–C–C–N with tert-alkyl or cyclic N) is 1. The zero-order valence-corrected chi connectivity index (χ0v) is 17.9. The van der Waals surface area contributed by atoms with Crippen molar-refractivity contribution in [2.75, 3.05) is 19.6 Å². The van der Waals surface area contributed by atoms with Gasteiger partial charge in [-0.3, -0.25) is 9.91 Å². The Morgan fingerprint density at radius 2 is 2.10 bits per heavy atom. The highest BCUT2D eigenvalue weighted by Gasteiger charge is 2.53. The molecule has 3 aliphatic rings. The van der Waals surface area contributed by atoms with Gasteiger partial charge in [-0.15, -0.1) is 0 Å². The molecule has 2 aliphatic heterocycles. The molecule has 1 aromatic heterocycles. The van der Waals surface area contributed by atoms with Gasteiger partial charge in [0.15, 0.2) is 0 Å². The van der Waals surface area contributed by atoms with Gasteiger partial charge in [-0.1, -0.05) is 20.8 Å². The van der Waals surface area contributed by atoms with Crippen LogP contribution in [-0.2, 0) is 18.5 Å². The molecule has 4 rings (SSSR count). The summed E-state index contributed by atoms with van der Waals surface area (Å²) in [5, 5.41) is 17.3. The van der Waals surface area contributed by atoms with Crippen LogP contribution in [0.1, 0.15) is 39.2 Å². The number of imidazole rings is 1. The van der Waals surface area contributed by atoms with Gasteiger partial charge in [0.1, 0.15) is 29.4 Å². The lowest BCUT2D eigenvalue weighted by atomic mass is 9.76. The monoisotopic (exact) mass is 420 g/mol. The number of allylic oxidation sites excluding steroid dienone is 2. The maximum absolute atomic E-state index is 14.7. The molecular weight excluding hydrogens is 390 g/mol. The molecule has 0 saturated carbocycles. The summed E-state index contributed by atoms with van der Waals surface area (Å²) in [6, 6.07) is -0.473. The van der Waals surface area contributed by atoms with Crippen molar-refractivity contribution >= 4 is 6.34 Å². The molecule has 0 radical (unpaired) electrons. The second-order valence-electron chi connectivity index (χ2n) is 9.51. The third kappa shape index (κ3) is 3.33. The molecule has 3 N–H and O–H groups in total. The molecule has 1 fully saturated rings. The number of nitrogens with two attached hydrogens (primary N) is 1. The van der Waals surface area contributed by atoms with Crippen LogP contribution in [0, 0.1) is 5.92 Å². The Hall–Kier alpha value is -2.26. The van der Waals surface area contributed by atoms with Crippen molar-refractivity contribution in [1.29, 1.82) is 0 Å². The molecule has 0 amide bonds. The van der Waals surface area contributed by atoms with Crippen LogP contribution in [0.4, 0.5) is 8.78 Å². The fourth-order valence-electron chi connectivity index (χ4n) is 4.73. The smallest absolute Gasteiger partial charge is 0.128 e. The molecule has 3 heterocycles. The van der Waals surface area contributed by atoms with Crippen LogP contribution in [0.25, 0.3) is 0 Å². The fraction of sp³-hybridized carbons (Fsp3) is 0.619. The van der Waals surface area contributed by atoms with Crippen LogP contribution in [0.15, 0.2) is 34.6 Å². The van der Waals surface area contributed by atoms with Crippen LogP contribution >= 0.6 is 0 Å². The number of hydrogen-bond donors (Lipinski definition) is 2. The number of nitrogens with zero attached hydrogens (tertiary/aromatic N) is 5. The molecule has 0 aromatic carbocycles. The summed E-state index contributed by atoms with van der Waals surface area (Å²) in [7, 11) is 0. The lowest BCUT2D eigenvalue weighted by Crippen LogP contribution is -2.62. The summed E-state index contributed by atoms with van der Waals surface area (Å²) in [5.74, 6) is -1.21. The Labute approximate surface area is 175 Å². The SMILES string of the molecule is C[C@@H](N1CCn2cc(C(C)(C)C)nc2C1)[C@]1(O)CN(/N=C\N)CC2C(F)=CC(F)=C21. The standard InChI is InChI=1S/C21H30F2N6O/c1-13(27-5-6-28-9-17(20(2,3)4)26-18(28)10-27)21(30)11-29(25-12-24)8-14-15(22)7-16(23)19(14)21/h7,9,12-14,30H,5-6,8,10-11H2,1-4H3,(H2,24,25)/t13-,14?,21-/m1/s1. The second kappa shape index (κ2) is 7.16. The largest absolute Gasteiger partial charge is 0.388 e. The zero-order chi connectivity index (χ0) is 21.8. The van der Waals surface area contributed by atoms with Gasteiger partial charge in [0.2, 0.25) is 0 Å². The molecule has 0 bridgehead atoms. The van der Waals surface area contributed by atoms with Gasteiger partial charge in [0.05, 0.1) is 24.7 Å². The van der Waals surface area contributed by atoms with Gasteiger partial charge in [0.25, 0.3) is 0 Å². The molecule has 1 aliphatic carbocycles. The summed E-state index contributed by atoms with van der Waals surface area (Å²) >= 11 is 0. The highest BCUT2D eigenvalue weighted by atomic mass is 19.1. The average Bonchev–Trinajstić information content (AvgIpc) is 3.22. The zero-order valence-electron chi connectivity index (χ0n) is 17.9. The highest BCUT2D eigenvalue weighted by molar-refractivity contribution is 5.51. The third-order valence-corrected chi connectivity index (χ3v) is 6.56. The fourth-order valence-corrected chi connectivity index (χ4v) is 4.73. The topological polar surface area (TPSA) is 82.9 Å². The predicted octanol–water partition coefficient (Wildman–Crippen LogP) is 2.04. The first kappa shape index (κ1) is 21.0. The van der Waals surface area contributed by atoms with Gasteiger partial charge >= 0.3 is 0 Å². The van der Waals surface area contributed by atoms with Gasteiger partial charge in [-0.05, 0) is 6.92 Å². The van der Waals surface area contributed by atoms with Gasteiger partial charge in [-0.2, -0.15) is 5.10 Å². The second-order valence-corrected chi connectivity index (χ2v) is 9.51. The summed E-state index contributed by atoms with van der Waals surface area (Å²) in [5.41, 5.74) is 4.89. The number of hydrogen-bond acceptors (Lipinski definition) is 5. The maximum atomic E-state index is 14.7. The molecule has 1 saturated heterocycles. The Balaban J connectivity index is 1.63. The molecule has 1 aromatic rings. The molecule has 30 heavy (non-hydrogen) atoms. The normalized spacial score (nSPS) is 28.7.